The van der Waals surface area contributed by atoms with Gasteiger partial charge in [-0.15, -0.1) is 0 Å². The summed E-state index contributed by atoms with van der Waals surface area (Å²) in [6.07, 6.45) is 0. The Kier molecular flexibility index (Phi) is 6.79. The molecule has 0 unspecified atom stereocenters. The number of hydrogen-bond donors (Lipinski definition) is 3. The van der Waals surface area contributed by atoms with Crippen LogP contribution < -0.4 is 15.4 Å². The molecule has 0 saturated heterocycles. The summed E-state index contributed by atoms with van der Waals surface area (Å²) in [5.74, 6) is -3.96. The van der Waals surface area contributed by atoms with Crippen molar-refractivity contribution >= 4 is 33.2 Å². The minimum absolute atomic E-state index is 0.121. The maximum Gasteiger partial charge on any atom is 0.261 e. The molecule has 3 N–H and O–H groups in total. The Labute approximate surface area is 181 Å². The van der Waals surface area contributed by atoms with E-state index in [1.54, 1.807) is 0 Å². The molecular weight excluding hydrogens is 447 g/mol. The molecule has 11 heteroatoms. The molecule has 0 saturated carbocycles. The SMILES string of the molecule is O=C(CNC(=O)c1ccc(F)cc1F)Nc1ccc(NS(=O)(=O)c2ccc(F)cc2)cc1. The maximum absolute atomic E-state index is 13.6. The topological polar surface area (TPSA) is 104 Å². The van der Waals surface area contributed by atoms with E-state index in [2.05, 4.69) is 15.4 Å². The van der Waals surface area contributed by atoms with Gasteiger partial charge in [0.2, 0.25) is 5.91 Å². The first kappa shape index (κ1) is 22.8. The van der Waals surface area contributed by atoms with Gasteiger partial charge in [-0.25, -0.2) is 21.6 Å². The van der Waals surface area contributed by atoms with Gasteiger partial charge >= 0.3 is 0 Å². The van der Waals surface area contributed by atoms with Gasteiger partial charge < -0.3 is 10.6 Å². The number of sulfonamides is 1. The third-order valence-electron chi connectivity index (χ3n) is 4.13. The largest absolute Gasteiger partial charge is 0.343 e. The van der Waals surface area contributed by atoms with Gasteiger partial charge in [0, 0.05) is 17.4 Å². The Morgan fingerprint density at radius 2 is 1.38 bits per heavy atom. The number of benzene rings is 3. The highest BCUT2D eigenvalue weighted by Crippen LogP contribution is 2.19. The molecule has 166 valence electrons. The number of anilines is 2. The van der Waals surface area contributed by atoms with Crippen molar-refractivity contribution in [2.75, 3.05) is 16.6 Å². The Morgan fingerprint density at radius 1 is 0.781 bits per heavy atom. The molecule has 32 heavy (non-hydrogen) atoms. The predicted molar refractivity (Wildman–Crippen MR) is 111 cm³/mol. The zero-order valence-corrected chi connectivity index (χ0v) is 17.0. The first-order valence-electron chi connectivity index (χ1n) is 9.05. The normalized spacial score (nSPS) is 11.0. The third kappa shape index (κ3) is 5.85. The number of carbonyl (C=O) groups is 2. The van der Waals surface area contributed by atoms with Crippen molar-refractivity contribution < 1.29 is 31.2 Å². The van der Waals surface area contributed by atoms with Gasteiger partial charge in [-0.1, -0.05) is 0 Å². The van der Waals surface area contributed by atoms with Crippen LogP contribution in [-0.2, 0) is 14.8 Å². The molecule has 0 radical (unpaired) electrons. The molecular formula is C21H16F3N3O4S. The van der Waals surface area contributed by atoms with Gasteiger partial charge in [-0.3, -0.25) is 14.3 Å². The van der Waals surface area contributed by atoms with Crippen molar-refractivity contribution in [2.45, 2.75) is 4.90 Å². The van der Waals surface area contributed by atoms with Gasteiger partial charge in [0.25, 0.3) is 15.9 Å². The molecule has 7 nitrogen and oxygen atoms in total. The van der Waals surface area contributed by atoms with Crippen LogP contribution >= 0.6 is 0 Å². The molecule has 0 aromatic heterocycles. The molecule has 3 aromatic carbocycles. The van der Waals surface area contributed by atoms with E-state index >= 15 is 0 Å². The van der Waals surface area contributed by atoms with Crippen molar-refractivity contribution in [2.24, 2.45) is 0 Å². The molecule has 0 heterocycles. The smallest absolute Gasteiger partial charge is 0.261 e. The summed E-state index contributed by atoms with van der Waals surface area (Å²) in [6, 6.07) is 12.4. The van der Waals surface area contributed by atoms with E-state index in [9.17, 15) is 31.2 Å². The Balaban J connectivity index is 1.55. The lowest BCUT2D eigenvalue weighted by Crippen LogP contribution is -2.33. The van der Waals surface area contributed by atoms with Crippen LogP contribution in [-0.4, -0.2) is 26.8 Å². The molecule has 3 rings (SSSR count). The van der Waals surface area contributed by atoms with Crippen LogP contribution in [0.25, 0.3) is 0 Å². The minimum atomic E-state index is -3.92. The van der Waals surface area contributed by atoms with Crippen molar-refractivity contribution in [1.82, 2.24) is 5.32 Å². The van der Waals surface area contributed by atoms with Crippen LogP contribution in [0.5, 0.6) is 0 Å². The number of amides is 2. The summed E-state index contributed by atoms with van der Waals surface area (Å²) in [7, 11) is -3.92. The fourth-order valence-electron chi connectivity index (χ4n) is 2.58. The van der Waals surface area contributed by atoms with Gasteiger partial charge in [0.15, 0.2) is 0 Å². The number of hydrogen-bond acceptors (Lipinski definition) is 4. The monoisotopic (exact) mass is 463 g/mol. The average Bonchev–Trinajstić information content (AvgIpc) is 2.73. The fourth-order valence-corrected chi connectivity index (χ4v) is 3.64. The van der Waals surface area contributed by atoms with E-state index in [0.717, 1.165) is 36.4 Å². The van der Waals surface area contributed by atoms with Crippen LogP contribution in [0.4, 0.5) is 24.5 Å². The van der Waals surface area contributed by atoms with Gasteiger partial charge in [-0.05, 0) is 60.7 Å². The Bertz CT molecular complexity index is 1250. The lowest BCUT2D eigenvalue weighted by atomic mass is 10.2. The van der Waals surface area contributed by atoms with Crippen molar-refractivity contribution in [3.8, 4) is 0 Å². The van der Waals surface area contributed by atoms with E-state index in [1.165, 1.54) is 24.3 Å². The van der Waals surface area contributed by atoms with Crippen molar-refractivity contribution in [3.05, 3.63) is 89.7 Å². The summed E-state index contributed by atoms with van der Waals surface area (Å²) in [5.41, 5.74) is 0.103. The van der Waals surface area contributed by atoms with E-state index in [0.29, 0.717) is 11.8 Å². The third-order valence-corrected chi connectivity index (χ3v) is 5.53. The first-order valence-corrected chi connectivity index (χ1v) is 10.5. The molecule has 0 aliphatic carbocycles. The van der Waals surface area contributed by atoms with Gasteiger partial charge in [0.1, 0.15) is 17.5 Å². The van der Waals surface area contributed by atoms with E-state index in [-0.39, 0.29) is 10.6 Å². The summed E-state index contributed by atoms with van der Waals surface area (Å²) < 4.78 is 66.4. The van der Waals surface area contributed by atoms with E-state index in [1.807, 2.05) is 0 Å². The second-order valence-electron chi connectivity index (χ2n) is 6.49. The standard InChI is InChI=1S/C21H16F3N3O4S/c22-13-1-8-17(9-2-13)32(30,31)27-16-6-4-15(5-7-16)26-20(28)12-25-21(29)18-10-3-14(23)11-19(18)24/h1-11,27H,12H2,(H,25,29)(H,26,28). The average molecular weight is 463 g/mol. The molecule has 2 amide bonds. The first-order chi connectivity index (χ1) is 15.1. The Hall–Kier alpha value is -3.86. The second-order valence-corrected chi connectivity index (χ2v) is 8.17. The number of carbonyl (C=O) groups excluding carboxylic acids is 2. The molecule has 3 aromatic rings. The summed E-state index contributed by atoms with van der Waals surface area (Å²) in [6.45, 7) is -0.478. The maximum atomic E-state index is 13.6. The highest BCUT2D eigenvalue weighted by Gasteiger charge is 2.15. The fraction of sp³-hybridized carbons (Fsp3) is 0.0476. The highest BCUT2D eigenvalue weighted by molar-refractivity contribution is 7.92. The second kappa shape index (κ2) is 9.52. The van der Waals surface area contributed by atoms with E-state index < -0.39 is 51.4 Å². The van der Waals surface area contributed by atoms with Crippen LogP contribution in [0.3, 0.4) is 0 Å². The minimum Gasteiger partial charge on any atom is -0.343 e. The molecule has 0 aliphatic rings. The number of rotatable bonds is 7. The highest BCUT2D eigenvalue weighted by atomic mass is 32.2. The number of nitrogens with one attached hydrogen (secondary N) is 3. The summed E-state index contributed by atoms with van der Waals surface area (Å²) in [5, 5.41) is 4.69. The number of halogens is 3. The molecule has 0 aliphatic heterocycles. The van der Waals surface area contributed by atoms with Crippen LogP contribution in [0.15, 0.2) is 71.6 Å². The predicted octanol–water partition coefficient (Wildman–Crippen LogP) is 3.27. The quantitative estimate of drug-likeness (QED) is 0.500. The summed E-state index contributed by atoms with van der Waals surface area (Å²) >= 11 is 0. The lowest BCUT2D eigenvalue weighted by Gasteiger charge is -2.10. The van der Waals surface area contributed by atoms with Gasteiger partial charge in [0.05, 0.1) is 17.0 Å². The zero-order chi connectivity index (χ0) is 23.3. The summed E-state index contributed by atoms with van der Waals surface area (Å²) in [4.78, 5) is 23.8. The van der Waals surface area contributed by atoms with Crippen LogP contribution in [0, 0.1) is 17.5 Å². The zero-order valence-electron chi connectivity index (χ0n) is 16.2. The van der Waals surface area contributed by atoms with E-state index in [4.69, 9.17) is 0 Å². The Morgan fingerprint density at radius 3 is 2.00 bits per heavy atom. The van der Waals surface area contributed by atoms with Crippen molar-refractivity contribution in [1.29, 1.82) is 0 Å². The molecule has 0 bridgehead atoms. The lowest BCUT2D eigenvalue weighted by molar-refractivity contribution is -0.115. The van der Waals surface area contributed by atoms with Crippen molar-refractivity contribution in [3.63, 3.8) is 0 Å². The molecule has 0 spiro atoms. The molecule has 0 fully saturated rings. The van der Waals surface area contributed by atoms with Gasteiger partial charge in [-0.2, -0.15) is 0 Å². The molecule has 0 atom stereocenters. The van der Waals surface area contributed by atoms with Crippen LogP contribution in [0.1, 0.15) is 10.4 Å². The van der Waals surface area contributed by atoms with Crippen LogP contribution in [0.2, 0.25) is 0 Å².